The summed E-state index contributed by atoms with van der Waals surface area (Å²) in [4.78, 5) is 33.1. The Kier molecular flexibility index (Phi) is 18.9. The molecule has 0 heterocycles. The number of aliphatic hydroxyl groups is 1. The summed E-state index contributed by atoms with van der Waals surface area (Å²) in [5.74, 6) is 0.829. The van der Waals surface area contributed by atoms with E-state index < -0.39 is 12.2 Å². The number of rotatable bonds is 22. The van der Waals surface area contributed by atoms with Crippen molar-refractivity contribution >= 4 is 12.2 Å². The number of hydrogen-bond acceptors (Lipinski definition) is 8. The van der Waals surface area contributed by atoms with Crippen molar-refractivity contribution in [1.29, 1.82) is 0 Å². The minimum absolute atomic E-state index is 0.0576. The van der Waals surface area contributed by atoms with Crippen molar-refractivity contribution < 1.29 is 29.3 Å². The van der Waals surface area contributed by atoms with Gasteiger partial charge in [-0.15, -0.1) is 0 Å². The number of aromatic hydroxyl groups is 1. The van der Waals surface area contributed by atoms with Crippen LogP contribution in [0.5, 0.6) is 17.2 Å². The molecular weight excluding hydrogens is 753 g/mol. The summed E-state index contributed by atoms with van der Waals surface area (Å²) in [6.07, 6.45) is 1.76. The van der Waals surface area contributed by atoms with Crippen LogP contribution in [0.25, 0.3) is 0 Å². The lowest BCUT2D eigenvalue weighted by Crippen LogP contribution is -2.38. The zero-order chi connectivity index (χ0) is 43.8. The molecule has 0 bridgehead atoms. The molecule has 3 N–H and O–H groups in total. The predicted octanol–water partition coefficient (Wildman–Crippen LogP) is 10.2. The summed E-state index contributed by atoms with van der Waals surface area (Å²) < 4.78 is 12.0. The second-order valence-corrected chi connectivity index (χ2v) is 16.9. The molecule has 4 aromatic carbocycles. The van der Waals surface area contributed by atoms with Gasteiger partial charge in [0.25, 0.3) is 0 Å². The van der Waals surface area contributed by atoms with Gasteiger partial charge in [-0.05, 0) is 141 Å². The molecule has 0 aliphatic rings. The fraction of sp³-hybridized carbons (Fsp3) is 0.480. The lowest BCUT2D eigenvalue weighted by atomic mass is 9.86. The maximum absolute atomic E-state index is 13.4. The average molecular weight is 823 g/mol. The van der Waals surface area contributed by atoms with Crippen LogP contribution in [-0.4, -0.2) is 94.5 Å². The van der Waals surface area contributed by atoms with Crippen LogP contribution in [0.15, 0.2) is 97.1 Å². The van der Waals surface area contributed by atoms with Crippen LogP contribution in [0.3, 0.4) is 0 Å². The smallest absolute Gasteiger partial charge is 0.414 e. The lowest BCUT2D eigenvalue weighted by Gasteiger charge is -2.32. The van der Waals surface area contributed by atoms with E-state index in [4.69, 9.17) is 9.47 Å². The molecule has 0 saturated heterocycles. The number of unbranched alkanes of at least 4 members (excludes halogenated alkanes) is 1. The average Bonchev–Trinajstić information content (AvgIpc) is 3.22. The zero-order valence-electron chi connectivity index (χ0n) is 37.4. The first-order valence-corrected chi connectivity index (χ1v) is 21.8. The fourth-order valence-electron chi connectivity index (χ4n) is 8.18. The number of carbonyl (C=O) groups is 2. The molecule has 0 aliphatic heterocycles. The van der Waals surface area contributed by atoms with Gasteiger partial charge >= 0.3 is 12.2 Å². The highest BCUT2D eigenvalue weighted by molar-refractivity contribution is 5.72. The van der Waals surface area contributed by atoms with E-state index in [0.717, 1.165) is 53.7 Å². The van der Waals surface area contributed by atoms with Gasteiger partial charge in [-0.3, -0.25) is 9.80 Å². The Morgan fingerprint density at radius 2 is 1.10 bits per heavy atom. The van der Waals surface area contributed by atoms with Crippen molar-refractivity contribution in [3.05, 3.63) is 125 Å². The van der Waals surface area contributed by atoms with Gasteiger partial charge in [0.2, 0.25) is 0 Å². The number of amides is 2. The first-order valence-electron chi connectivity index (χ1n) is 21.8. The molecule has 0 aromatic heterocycles. The molecular formula is C50H70N4O6. The molecule has 4 aromatic rings. The van der Waals surface area contributed by atoms with Gasteiger partial charge in [0.05, 0.1) is 6.61 Å². The number of hydrogen-bond donors (Lipinski definition) is 3. The third kappa shape index (κ3) is 14.1. The highest BCUT2D eigenvalue weighted by Gasteiger charge is 2.26. The molecule has 10 nitrogen and oxygen atoms in total. The summed E-state index contributed by atoms with van der Waals surface area (Å²) in [7, 11) is 1.70. The second-order valence-electron chi connectivity index (χ2n) is 16.9. The van der Waals surface area contributed by atoms with E-state index in [1.54, 1.807) is 37.4 Å². The molecule has 0 radical (unpaired) electrons. The van der Waals surface area contributed by atoms with E-state index >= 15 is 0 Å². The third-order valence-corrected chi connectivity index (χ3v) is 11.3. The summed E-state index contributed by atoms with van der Waals surface area (Å²) in [6, 6.07) is 32.3. The number of phenols is 1. The van der Waals surface area contributed by atoms with E-state index in [1.165, 1.54) is 4.90 Å². The Bertz CT molecular complexity index is 1890. The van der Waals surface area contributed by atoms with Crippen molar-refractivity contribution in [2.45, 2.75) is 124 Å². The molecule has 2 amide bonds. The van der Waals surface area contributed by atoms with Gasteiger partial charge in [0, 0.05) is 67.3 Å². The normalized spacial score (nSPS) is 12.7. The van der Waals surface area contributed by atoms with Gasteiger partial charge in [-0.1, -0.05) is 66.7 Å². The molecule has 2 unspecified atom stereocenters. The number of benzene rings is 4. The minimum atomic E-state index is -0.559. The lowest BCUT2D eigenvalue weighted by molar-refractivity contribution is 0.160. The standard InChI is InChI=1S/C50H70N4O6/c1-35(2)53(36(3)4)30-26-43(40-18-12-10-13-19-40)45-32-39(34-55)22-24-47(45)59-49(57)51-28-16-17-29-52(9)50(58)60-48-25-23-42(56)33-46(48)44(41-20-14-11-15-21-41)27-31-54(37(5)6)38(7)8/h10-15,18-25,32-33,35-38,43-44,55-56H,16-17,26-31,34H2,1-9H3,(H,51,57). The Morgan fingerprint density at radius 3 is 1.60 bits per heavy atom. The Morgan fingerprint density at radius 1 is 0.617 bits per heavy atom. The predicted molar refractivity (Wildman–Crippen MR) is 242 cm³/mol. The Hall–Kier alpha value is -4.90. The van der Waals surface area contributed by atoms with E-state index in [-0.39, 0.29) is 24.2 Å². The first kappa shape index (κ1) is 47.8. The third-order valence-electron chi connectivity index (χ3n) is 11.3. The largest absolute Gasteiger partial charge is 0.508 e. The maximum Gasteiger partial charge on any atom is 0.414 e. The zero-order valence-corrected chi connectivity index (χ0v) is 37.4. The number of aliphatic hydroxyl groups excluding tert-OH is 1. The molecule has 326 valence electrons. The van der Waals surface area contributed by atoms with Gasteiger partial charge < -0.3 is 29.9 Å². The van der Waals surface area contributed by atoms with Crippen molar-refractivity contribution in [2.75, 3.05) is 33.2 Å². The topological polar surface area (TPSA) is 115 Å². The van der Waals surface area contributed by atoms with E-state index in [2.05, 4.69) is 94.8 Å². The molecule has 10 heteroatoms. The van der Waals surface area contributed by atoms with E-state index in [9.17, 15) is 19.8 Å². The molecule has 0 aliphatic carbocycles. The maximum atomic E-state index is 13.4. The van der Waals surface area contributed by atoms with Crippen LogP contribution in [0.1, 0.15) is 121 Å². The van der Waals surface area contributed by atoms with Crippen LogP contribution in [0.2, 0.25) is 0 Å². The summed E-state index contributed by atoms with van der Waals surface area (Å²) in [6.45, 7) is 20.0. The van der Waals surface area contributed by atoms with Crippen LogP contribution in [-0.2, 0) is 6.61 Å². The SMILES string of the molecule is CC(C)N(CCC(c1ccccc1)c1cc(CO)ccc1OC(=O)NCCCCN(C)C(=O)Oc1ccc(O)cc1C(CCN(C(C)C)C(C)C)c1ccccc1)C(C)C. The number of nitrogens with one attached hydrogen (secondary N) is 1. The fourth-order valence-corrected chi connectivity index (χ4v) is 8.18. The van der Waals surface area contributed by atoms with Crippen LogP contribution in [0.4, 0.5) is 9.59 Å². The van der Waals surface area contributed by atoms with Crippen LogP contribution < -0.4 is 14.8 Å². The van der Waals surface area contributed by atoms with Crippen molar-refractivity contribution in [3.8, 4) is 17.2 Å². The molecule has 60 heavy (non-hydrogen) atoms. The summed E-state index contributed by atoms with van der Waals surface area (Å²) >= 11 is 0. The van der Waals surface area contributed by atoms with Crippen LogP contribution >= 0.6 is 0 Å². The van der Waals surface area contributed by atoms with E-state index in [1.807, 2.05) is 42.5 Å². The molecule has 4 rings (SSSR count). The number of ether oxygens (including phenoxy) is 2. The molecule has 0 fully saturated rings. The van der Waals surface area contributed by atoms with Crippen molar-refractivity contribution in [1.82, 2.24) is 20.0 Å². The Balaban J connectivity index is 1.37. The molecule has 0 spiro atoms. The van der Waals surface area contributed by atoms with E-state index in [0.29, 0.717) is 61.6 Å². The number of nitrogens with zero attached hydrogens (tertiary/aromatic N) is 3. The first-order chi connectivity index (χ1) is 28.7. The van der Waals surface area contributed by atoms with Gasteiger partial charge in [0.1, 0.15) is 17.2 Å². The monoisotopic (exact) mass is 823 g/mol. The Labute approximate surface area is 359 Å². The van der Waals surface area contributed by atoms with Gasteiger partial charge in [-0.2, -0.15) is 0 Å². The number of carbonyl (C=O) groups excluding carboxylic acids is 2. The van der Waals surface area contributed by atoms with Crippen molar-refractivity contribution in [2.24, 2.45) is 0 Å². The highest BCUT2D eigenvalue weighted by atomic mass is 16.6. The summed E-state index contributed by atoms with van der Waals surface area (Å²) in [5, 5.41) is 23.5. The number of phenolic OH excluding ortho intramolecular Hbond substituents is 1. The quantitative estimate of drug-likeness (QED) is 0.0672. The summed E-state index contributed by atoms with van der Waals surface area (Å²) in [5.41, 5.74) is 4.57. The van der Waals surface area contributed by atoms with Gasteiger partial charge in [0.15, 0.2) is 0 Å². The van der Waals surface area contributed by atoms with Gasteiger partial charge in [-0.25, -0.2) is 9.59 Å². The molecule has 2 atom stereocenters. The minimum Gasteiger partial charge on any atom is -0.508 e. The van der Waals surface area contributed by atoms with Crippen LogP contribution in [0, 0.1) is 0 Å². The highest BCUT2D eigenvalue weighted by Crippen LogP contribution is 2.38. The molecule has 0 saturated carbocycles. The second kappa shape index (κ2) is 23.8. The van der Waals surface area contributed by atoms with Crippen molar-refractivity contribution in [3.63, 3.8) is 0 Å².